The number of hydrogen-bond acceptors (Lipinski definition) is 2. The molecule has 0 radical (unpaired) electrons. The first-order valence-corrected chi connectivity index (χ1v) is 4.11. The van der Waals surface area contributed by atoms with Crippen molar-refractivity contribution >= 4 is 0 Å². The van der Waals surface area contributed by atoms with Gasteiger partial charge in [0.1, 0.15) is 11.7 Å². The molecule has 1 aliphatic rings. The molecule has 1 fully saturated rings. The van der Waals surface area contributed by atoms with Gasteiger partial charge in [0, 0.05) is 0 Å². The predicted molar refractivity (Wildman–Crippen MR) is 45.8 cm³/mol. The van der Waals surface area contributed by atoms with Crippen LogP contribution in [0, 0.1) is 0 Å². The van der Waals surface area contributed by atoms with Crippen molar-refractivity contribution in [3.05, 3.63) is 35.9 Å². The molecule has 1 heterocycles. The maximum Gasteiger partial charge on any atom is 0.119 e. The van der Waals surface area contributed by atoms with E-state index in [-0.39, 0.29) is 18.3 Å². The van der Waals surface area contributed by atoms with Gasteiger partial charge < -0.3 is 9.84 Å². The van der Waals surface area contributed by atoms with E-state index >= 15 is 0 Å². The molecule has 1 N–H and O–H groups in total. The fraction of sp³-hybridized carbons (Fsp3) is 0.400. The van der Waals surface area contributed by atoms with Gasteiger partial charge in [0.15, 0.2) is 0 Å². The van der Waals surface area contributed by atoms with Gasteiger partial charge in [0.05, 0.1) is 6.61 Å². The fourth-order valence-corrected chi connectivity index (χ4v) is 1.50. The van der Waals surface area contributed by atoms with E-state index in [9.17, 15) is 0 Å². The Labute approximate surface area is 71.8 Å². The Bertz CT molecular complexity index is 270. The van der Waals surface area contributed by atoms with Crippen molar-refractivity contribution in [1.29, 1.82) is 0 Å². The summed E-state index contributed by atoms with van der Waals surface area (Å²) in [5.74, 6) is 0. The molecule has 1 aromatic rings. The Morgan fingerprint density at radius 1 is 1.42 bits per heavy atom. The third-order valence-electron chi connectivity index (χ3n) is 2.46. The second-order valence-corrected chi connectivity index (χ2v) is 3.26. The maximum absolute atomic E-state index is 8.88. The lowest BCUT2D eigenvalue weighted by Gasteiger charge is -2.04. The van der Waals surface area contributed by atoms with Gasteiger partial charge in [-0.25, -0.2) is 0 Å². The third-order valence-corrected chi connectivity index (χ3v) is 2.46. The summed E-state index contributed by atoms with van der Waals surface area (Å²) in [5.41, 5.74) is 0.903. The van der Waals surface area contributed by atoms with Crippen LogP contribution in [0.4, 0.5) is 0 Å². The summed E-state index contributed by atoms with van der Waals surface area (Å²) in [4.78, 5) is 0. The molecule has 0 saturated carbocycles. The number of epoxide rings is 1. The standard InChI is InChI=1S/C10H12O2/c1-10(9(7-11)12-10)8-5-3-2-4-6-8/h2-6,9,11H,7H2,1H3/t9-,10-/m1/s1. The molecule has 0 aromatic heterocycles. The van der Waals surface area contributed by atoms with E-state index in [4.69, 9.17) is 9.84 Å². The van der Waals surface area contributed by atoms with Gasteiger partial charge in [-0.2, -0.15) is 0 Å². The van der Waals surface area contributed by atoms with Crippen LogP contribution in [0.3, 0.4) is 0 Å². The summed E-state index contributed by atoms with van der Waals surface area (Å²) in [5, 5.41) is 8.88. The zero-order valence-corrected chi connectivity index (χ0v) is 7.03. The monoisotopic (exact) mass is 164 g/mol. The molecule has 2 atom stereocenters. The first kappa shape index (κ1) is 7.77. The second-order valence-electron chi connectivity index (χ2n) is 3.26. The molecule has 0 unspecified atom stereocenters. The molecule has 1 saturated heterocycles. The quantitative estimate of drug-likeness (QED) is 0.668. The molecular formula is C10H12O2. The summed E-state index contributed by atoms with van der Waals surface area (Å²) >= 11 is 0. The van der Waals surface area contributed by atoms with Gasteiger partial charge in [0.25, 0.3) is 0 Å². The summed E-state index contributed by atoms with van der Waals surface area (Å²) in [6, 6.07) is 9.99. The van der Waals surface area contributed by atoms with Crippen molar-refractivity contribution < 1.29 is 9.84 Å². The molecule has 0 aliphatic carbocycles. The van der Waals surface area contributed by atoms with E-state index in [0.717, 1.165) is 5.56 Å². The Morgan fingerprint density at radius 2 is 2.08 bits per heavy atom. The highest BCUT2D eigenvalue weighted by Crippen LogP contribution is 2.45. The molecule has 2 rings (SSSR count). The van der Waals surface area contributed by atoms with Crippen molar-refractivity contribution in [3.63, 3.8) is 0 Å². The first-order valence-electron chi connectivity index (χ1n) is 4.11. The smallest absolute Gasteiger partial charge is 0.119 e. The van der Waals surface area contributed by atoms with E-state index < -0.39 is 0 Å². The Balaban J connectivity index is 2.23. The average Bonchev–Trinajstić information content (AvgIpc) is 2.81. The third kappa shape index (κ3) is 1.04. The lowest BCUT2D eigenvalue weighted by Crippen LogP contribution is -2.09. The molecule has 2 heteroatoms. The maximum atomic E-state index is 8.88. The van der Waals surface area contributed by atoms with Crippen LogP contribution in [0.25, 0.3) is 0 Å². The largest absolute Gasteiger partial charge is 0.394 e. The number of hydrogen-bond donors (Lipinski definition) is 1. The van der Waals surface area contributed by atoms with Gasteiger partial charge in [-0.15, -0.1) is 0 Å². The van der Waals surface area contributed by atoms with E-state index in [1.54, 1.807) is 0 Å². The van der Waals surface area contributed by atoms with E-state index in [2.05, 4.69) is 0 Å². The molecule has 0 bridgehead atoms. The fourth-order valence-electron chi connectivity index (χ4n) is 1.50. The Kier molecular flexibility index (Phi) is 1.67. The number of aliphatic hydroxyl groups is 1. The zero-order valence-electron chi connectivity index (χ0n) is 7.03. The van der Waals surface area contributed by atoms with Crippen LogP contribution in [0.2, 0.25) is 0 Å². The van der Waals surface area contributed by atoms with Crippen LogP contribution in [0.15, 0.2) is 30.3 Å². The van der Waals surface area contributed by atoms with Gasteiger partial charge in [0.2, 0.25) is 0 Å². The normalized spacial score (nSPS) is 33.3. The van der Waals surface area contributed by atoms with Gasteiger partial charge in [-0.3, -0.25) is 0 Å². The number of ether oxygens (including phenoxy) is 1. The van der Waals surface area contributed by atoms with Gasteiger partial charge >= 0.3 is 0 Å². The Hall–Kier alpha value is -0.860. The van der Waals surface area contributed by atoms with Crippen LogP contribution in [0.1, 0.15) is 12.5 Å². The highest BCUT2D eigenvalue weighted by atomic mass is 16.6. The Morgan fingerprint density at radius 3 is 2.58 bits per heavy atom. The lowest BCUT2D eigenvalue weighted by atomic mass is 9.98. The topological polar surface area (TPSA) is 32.8 Å². The lowest BCUT2D eigenvalue weighted by molar-refractivity contribution is 0.237. The minimum Gasteiger partial charge on any atom is -0.394 e. The summed E-state index contributed by atoms with van der Waals surface area (Å²) < 4.78 is 5.39. The van der Waals surface area contributed by atoms with Crippen LogP contribution in [-0.4, -0.2) is 17.8 Å². The molecule has 0 spiro atoms. The highest BCUT2D eigenvalue weighted by molar-refractivity contribution is 5.27. The number of aliphatic hydroxyl groups excluding tert-OH is 1. The van der Waals surface area contributed by atoms with E-state index in [1.807, 2.05) is 37.3 Å². The van der Waals surface area contributed by atoms with Gasteiger partial charge in [-0.05, 0) is 12.5 Å². The van der Waals surface area contributed by atoms with Crippen molar-refractivity contribution in [2.75, 3.05) is 6.61 Å². The SMILES string of the molecule is C[C@]1(c2ccccc2)O[C@@H]1CO. The van der Waals surface area contributed by atoms with E-state index in [1.165, 1.54) is 0 Å². The summed E-state index contributed by atoms with van der Waals surface area (Å²) in [7, 11) is 0. The van der Waals surface area contributed by atoms with Crippen LogP contribution >= 0.6 is 0 Å². The molecule has 2 nitrogen and oxygen atoms in total. The van der Waals surface area contributed by atoms with Crippen molar-refractivity contribution in [2.45, 2.75) is 18.6 Å². The predicted octanol–water partition coefficient (Wildman–Crippen LogP) is 1.29. The van der Waals surface area contributed by atoms with E-state index in [0.29, 0.717) is 0 Å². The molecule has 1 aliphatic heterocycles. The zero-order chi connectivity index (χ0) is 8.60. The highest BCUT2D eigenvalue weighted by Gasteiger charge is 2.52. The van der Waals surface area contributed by atoms with Crippen LogP contribution in [-0.2, 0) is 10.3 Å². The number of rotatable bonds is 2. The summed E-state index contributed by atoms with van der Waals surface area (Å²) in [6.45, 7) is 2.11. The van der Waals surface area contributed by atoms with Crippen LogP contribution < -0.4 is 0 Å². The van der Waals surface area contributed by atoms with Crippen LogP contribution in [0.5, 0.6) is 0 Å². The average molecular weight is 164 g/mol. The molecule has 0 amide bonds. The van der Waals surface area contributed by atoms with Gasteiger partial charge in [-0.1, -0.05) is 30.3 Å². The number of benzene rings is 1. The second kappa shape index (κ2) is 2.57. The minimum absolute atomic E-state index is 0.0140. The van der Waals surface area contributed by atoms with Crippen molar-refractivity contribution in [1.82, 2.24) is 0 Å². The van der Waals surface area contributed by atoms with Crippen molar-refractivity contribution in [3.8, 4) is 0 Å². The molecule has 1 aromatic carbocycles. The van der Waals surface area contributed by atoms with Crippen molar-refractivity contribution in [2.24, 2.45) is 0 Å². The molecular weight excluding hydrogens is 152 g/mol. The summed E-state index contributed by atoms with van der Waals surface area (Å²) in [6.07, 6.45) is -0.0140. The molecule has 64 valence electrons. The molecule has 12 heavy (non-hydrogen) atoms. The minimum atomic E-state index is -0.240. The first-order chi connectivity index (χ1) is 5.77.